The van der Waals surface area contributed by atoms with E-state index in [0.29, 0.717) is 18.3 Å². The van der Waals surface area contributed by atoms with Crippen molar-refractivity contribution in [2.45, 2.75) is 32.0 Å². The number of aliphatic imine (C=N–C) groups is 1. The first-order chi connectivity index (χ1) is 15.5. The smallest absolute Gasteiger partial charge is 0.262 e. The maximum absolute atomic E-state index is 13.4. The summed E-state index contributed by atoms with van der Waals surface area (Å²) in [5.41, 5.74) is 2.47. The number of hydrogen-bond acceptors (Lipinski definition) is 4. The highest BCUT2D eigenvalue weighted by atomic mass is 16.3. The number of benzene rings is 3. The molecule has 32 heavy (non-hydrogen) atoms. The summed E-state index contributed by atoms with van der Waals surface area (Å²) in [6.45, 7) is 4.89. The van der Waals surface area contributed by atoms with E-state index in [1.54, 1.807) is 0 Å². The molecule has 0 aromatic heterocycles. The molecule has 1 aliphatic heterocycles. The van der Waals surface area contributed by atoms with Gasteiger partial charge < -0.3 is 15.7 Å². The highest BCUT2D eigenvalue weighted by Gasteiger charge is 2.46. The summed E-state index contributed by atoms with van der Waals surface area (Å²) in [6.07, 6.45) is 0. The van der Waals surface area contributed by atoms with Gasteiger partial charge in [0.05, 0.1) is 6.61 Å². The van der Waals surface area contributed by atoms with Crippen LogP contribution in [-0.2, 0) is 16.9 Å². The van der Waals surface area contributed by atoms with Crippen LogP contribution in [0.25, 0.3) is 0 Å². The zero-order valence-corrected chi connectivity index (χ0v) is 18.5. The van der Waals surface area contributed by atoms with E-state index >= 15 is 0 Å². The van der Waals surface area contributed by atoms with Gasteiger partial charge in [-0.3, -0.25) is 4.79 Å². The molecule has 3 aromatic rings. The van der Waals surface area contributed by atoms with Gasteiger partial charge in [-0.15, -0.1) is 0 Å². The van der Waals surface area contributed by atoms with Crippen molar-refractivity contribution in [3.05, 3.63) is 107 Å². The van der Waals surface area contributed by atoms with Crippen molar-refractivity contribution in [3.8, 4) is 0 Å². The Bertz CT molecular complexity index is 1050. The third kappa shape index (κ3) is 4.22. The van der Waals surface area contributed by atoms with E-state index in [2.05, 4.69) is 24.5 Å². The SMILES string of the molecule is CC(C)C(CO)NCc1cccc(C2=NC(c3ccccc3)(c3ccccc3)C(=O)N2)c1. The maximum atomic E-state index is 13.4. The van der Waals surface area contributed by atoms with Crippen LogP contribution in [0.15, 0.2) is 89.9 Å². The summed E-state index contributed by atoms with van der Waals surface area (Å²) < 4.78 is 0. The molecule has 5 heteroatoms. The number of nitrogens with zero attached hydrogens (tertiary/aromatic N) is 1. The van der Waals surface area contributed by atoms with Gasteiger partial charge >= 0.3 is 0 Å². The van der Waals surface area contributed by atoms with Gasteiger partial charge in [-0.05, 0) is 28.7 Å². The summed E-state index contributed by atoms with van der Waals surface area (Å²) in [5, 5.41) is 16.0. The Morgan fingerprint density at radius 1 is 0.938 bits per heavy atom. The van der Waals surface area contributed by atoms with Crippen molar-refractivity contribution in [1.82, 2.24) is 10.6 Å². The molecule has 5 nitrogen and oxygen atoms in total. The number of amides is 1. The Morgan fingerprint density at radius 3 is 2.12 bits per heavy atom. The second-order valence-corrected chi connectivity index (χ2v) is 8.47. The Kier molecular flexibility index (Phi) is 6.49. The predicted octanol–water partition coefficient (Wildman–Crippen LogP) is 3.61. The third-order valence-electron chi connectivity index (χ3n) is 5.99. The van der Waals surface area contributed by atoms with Crippen LogP contribution in [0.2, 0.25) is 0 Å². The predicted molar refractivity (Wildman–Crippen MR) is 127 cm³/mol. The molecule has 3 N–H and O–H groups in total. The first-order valence-electron chi connectivity index (χ1n) is 11.0. The molecule has 0 fully saturated rings. The lowest BCUT2D eigenvalue weighted by Gasteiger charge is -2.24. The van der Waals surface area contributed by atoms with Gasteiger partial charge in [-0.1, -0.05) is 92.7 Å². The van der Waals surface area contributed by atoms with Crippen LogP contribution in [0.3, 0.4) is 0 Å². The van der Waals surface area contributed by atoms with E-state index in [4.69, 9.17) is 4.99 Å². The van der Waals surface area contributed by atoms with Crippen LogP contribution < -0.4 is 10.6 Å². The van der Waals surface area contributed by atoms with E-state index in [1.807, 2.05) is 84.9 Å². The first-order valence-corrected chi connectivity index (χ1v) is 11.0. The van der Waals surface area contributed by atoms with Gasteiger partial charge in [0.25, 0.3) is 5.91 Å². The number of hydrogen-bond donors (Lipinski definition) is 3. The number of aliphatic hydroxyl groups excluding tert-OH is 1. The molecule has 4 rings (SSSR count). The molecule has 1 amide bonds. The largest absolute Gasteiger partial charge is 0.395 e. The van der Waals surface area contributed by atoms with Crippen molar-refractivity contribution in [2.75, 3.05) is 6.61 Å². The molecule has 0 bridgehead atoms. The van der Waals surface area contributed by atoms with E-state index < -0.39 is 5.54 Å². The summed E-state index contributed by atoms with van der Waals surface area (Å²) in [5.74, 6) is 0.736. The fourth-order valence-corrected chi connectivity index (χ4v) is 4.09. The van der Waals surface area contributed by atoms with Gasteiger partial charge in [0.2, 0.25) is 0 Å². The van der Waals surface area contributed by atoms with Gasteiger partial charge in [0.1, 0.15) is 5.84 Å². The van der Waals surface area contributed by atoms with Crippen LogP contribution in [0, 0.1) is 5.92 Å². The van der Waals surface area contributed by atoms with Crippen LogP contribution in [0.4, 0.5) is 0 Å². The molecule has 0 radical (unpaired) electrons. The molecule has 3 aromatic carbocycles. The number of amidine groups is 1. The number of nitrogens with one attached hydrogen (secondary N) is 2. The molecule has 1 atom stereocenters. The minimum Gasteiger partial charge on any atom is -0.395 e. The zero-order chi connectivity index (χ0) is 22.6. The zero-order valence-electron chi connectivity index (χ0n) is 18.5. The number of carbonyl (C=O) groups is 1. The highest BCUT2D eigenvalue weighted by Crippen LogP contribution is 2.37. The van der Waals surface area contributed by atoms with E-state index in [0.717, 1.165) is 22.3 Å². The molecule has 0 spiro atoms. The molecule has 0 aliphatic carbocycles. The molecule has 1 unspecified atom stereocenters. The van der Waals surface area contributed by atoms with Gasteiger partial charge in [0, 0.05) is 18.2 Å². The van der Waals surface area contributed by atoms with Crippen molar-refractivity contribution in [3.63, 3.8) is 0 Å². The van der Waals surface area contributed by atoms with E-state index in [1.165, 1.54) is 0 Å². The lowest BCUT2D eigenvalue weighted by Crippen LogP contribution is -2.38. The molecule has 1 aliphatic rings. The van der Waals surface area contributed by atoms with Gasteiger partial charge in [-0.25, -0.2) is 4.99 Å². The quantitative estimate of drug-likeness (QED) is 0.514. The lowest BCUT2D eigenvalue weighted by molar-refractivity contribution is -0.122. The second-order valence-electron chi connectivity index (χ2n) is 8.47. The summed E-state index contributed by atoms with van der Waals surface area (Å²) >= 11 is 0. The minimum atomic E-state index is -1.12. The average molecular weight is 428 g/mol. The molecule has 164 valence electrons. The fourth-order valence-electron chi connectivity index (χ4n) is 4.09. The van der Waals surface area contributed by atoms with E-state index in [9.17, 15) is 9.90 Å². The summed E-state index contributed by atoms with van der Waals surface area (Å²) in [4.78, 5) is 18.4. The molecular formula is C27H29N3O2. The monoisotopic (exact) mass is 427 g/mol. The van der Waals surface area contributed by atoms with Crippen molar-refractivity contribution in [1.29, 1.82) is 0 Å². The summed E-state index contributed by atoms with van der Waals surface area (Å²) in [6, 6.07) is 27.4. The molecule has 1 heterocycles. The molecular weight excluding hydrogens is 398 g/mol. The number of rotatable bonds is 8. The van der Waals surface area contributed by atoms with Crippen LogP contribution >= 0.6 is 0 Å². The normalized spacial score (nSPS) is 16.0. The average Bonchev–Trinajstić information content (AvgIpc) is 3.19. The third-order valence-corrected chi connectivity index (χ3v) is 5.99. The minimum absolute atomic E-state index is 0.0333. The van der Waals surface area contributed by atoms with E-state index in [-0.39, 0.29) is 18.6 Å². The standard InChI is InChI=1S/C27H29N3O2/c1-19(2)24(18-31)28-17-20-10-9-11-21(16-20)25-29-26(32)27(30-25,22-12-5-3-6-13-22)23-14-7-4-8-15-23/h3-16,19,24,28,31H,17-18H2,1-2H3,(H,29,30,32). The van der Waals surface area contributed by atoms with Gasteiger partial charge in [-0.2, -0.15) is 0 Å². The lowest BCUT2D eigenvalue weighted by atomic mass is 9.83. The first kappa shape index (κ1) is 21.9. The highest BCUT2D eigenvalue weighted by molar-refractivity contribution is 6.16. The molecule has 0 saturated carbocycles. The molecule has 0 saturated heterocycles. The number of aliphatic hydroxyl groups is 1. The van der Waals surface area contributed by atoms with Crippen molar-refractivity contribution < 1.29 is 9.90 Å². The number of carbonyl (C=O) groups excluding carboxylic acids is 1. The van der Waals surface area contributed by atoms with Crippen LogP contribution in [0.5, 0.6) is 0 Å². The fraction of sp³-hybridized carbons (Fsp3) is 0.259. The Morgan fingerprint density at radius 2 is 1.56 bits per heavy atom. The van der Waals surface area contributed by atoms with Crippen LogP contribution in [-0.4, -0.2) is 29.5 Å². The Hall–Kier alpha value is -3.28. The Labute approximate surface area is 189 Å². The van der Waals surface area contributed by atoms with Crippen molar-refractivity contribution >= 4 is 11.7 Å². The topological polar surface area (TPSA) is 73.7 Å². The van der Waals surface area contributed by atoms with Gasteiger partial charge in [0.15, 0.2) is 5.54 Å². The van der Waals surface area contributed by atoms with Crippen LogP contribution in [0.1, 0.15) is 36.1 Å². The maximum Gasteiger partial charge on any atom is 0.262 e. The Balaban J connectivity index is 1.70. The second kappa shape index (κ2) is 9.47. The van der Waals surface area contributed by atoms with Crippen molar-refractivity contribution in [2.24, 2.45) is 10.9 Å². The summed E-state index contributed by atoms with van der Waals surface area (Å²) in [7, 11) is 0.